The summed E-state index contributed by atoms with van der Waals surface area (Å²) >= 11 is 0. The van der Waals surface area contributed by atoms with Crippen molar-refractivity contribution in [3.63, 3.8) is 0 Å². The Balaban J connectivity index is 3.63. The summed E-state index contributed by atoms with van der Waals surface area (Å²) in [7, 11) is -4.42. The summed E-state index contributed by atoms with van der Waals surface area (Å²) in [4.78, 5) is 19.8. The summed E-state index contributed by atoms with van der Waals surface area (Å²) in [5.74, 6) is -1.15. The Labute approximate surface area is 169 Å². The molecule has 0 fully saturated rings. The Kier molecular flexibility index (Phi) is 16.0. The molecule has 0 aliphatic rings. The Morgan fingerprint density at radius 2 is 1.39 bits per heavy atom. The van der Waals surface area contributed by atoms with Gasteiger partial charge in [0.05, 0.1) is 13.0 Å². The SMILES string of the molecule is CCCCCCCCCCCCCCC(N)(O)COP(=O)(O)OCCC(=O)O. The Morgan fingerprint density at radius 1 is 0.929 bits per heavy atom. The number of phosphoric acid groups is 1. The topological polar surface area (TPSA) is 139 Å². The van der Waals surface area contributed by atoms with E-state index in [4.69, 9.17) is 10.8 Å². The van der Waals surface area contributed by atoms with E-state index in [0.29, 0.717) is 6.42 Å². The van der Waals surface area contributed by atoms with Crippen molar-refractivity contribution in [3.8, 4) is 0 Å². The number of carbonyl (C=O) groups is 1. The molecule has 0 heterocycles. The van der Waals surface area contributed by atoms with Crippen LogP contribution in [0.2, 0.25) is 0 Å². The smallest absolute Gasteiger partial charge is 0.472 e. The van der Waals surface area contributed by atoms with Crippen LogP contribution in [0.4, 0.5) is 0 Å². The van der Waals surface area contributed by atoms with E-state index in [9.17, 15) is 19.4 Å². The van der Waals surface area contributed by atoms with E-state index in [0.717, 1.165) is 19.3 Å². The molecule has 168 valence electrons. The number of aliphatic carboxylic acids is 1. The van der Waals surface area contributed by atoms with Gasteiger partial charge in [0.2, 0.25) is 0 Å². The van der Waals surface area contributed by atoms with Crippen molar-refractivity contribution in [1.29, 1.82) is 0 Å². The first-order chi connectivity index (χ1) is 13.2. The second kappa shape index (κ2) is 16.3. The van der Waals surface area contributed by atoms with Crippen LogP contribution in [-0.4, -0.2) is 40.0 Å². The Hall–Kier alpha value is -0.500. The molecule has 0 aliphatic carbocycles. The van der Waals surface area contributed by atoms with Crippen LogP contribution in [-0.2, 0) is 18.4 Å². The van der Waals surface area contributed by atoms with E-state index < -0.39 is 39.2 Å². The quantitative estimate of drug-likeness (QED) is 0.128. The average Bonchev–Trinajstić information content (AvgIpc) is 2.61. The fourth-order valence-electron chi connectivity index (χ4n) is 2.82. The minimum Gasteiger partial charge on any atom is -0.481 e. The summed E-state index contributed by atoms with van der Waals surface area (Å²) in [6.45, 7) is 1.22. The molecule has 0 rings (SSSR count). The van der Waals surface area contributed by atoms with Gasteiger partial charge in [-0.05, 0) is 12.8 Å². The maximum Gasteiger partial charge on any atom is 0.472 e. The Morgan fingerprint density at radius 3 is 1.86 bits per heavy atom. The number of carboxylic acid groups (broad SMARTS) is 1. The van der Waals surface area contributed by atoms with Crippen molar-refractivity contribution >= 4 is 13.8 Å². The molecule has 2 unspecified atom stereocenters. The fraction of sp³-hybridized carbons (Fsp3) is 0.947. The molecular weight excluding hydrogens is 385 g/mol. The zero-order valence-corrected chi connectivity index (χ0v) is 18.2. The molecule has 0 amide bonds. The van der Waals surface area contributed by atoms with Gasteiger partial charge in [-0.3, -0.25) is 13.8 Å². The summed E-state index contributed by atoms with van der Waals surface area (Å²) in [5, 5.41) is 18.5. The molecule has 0 aromatic carbocycles. The molecule has 0 aromatic rings. The molecule has 0 aromatic heterocycles. The van der Waals surface area contributed by atoms with Gasteiger partial charge in [0.15, 0.2) is 0 Å². The van der Waals surface area contributed by atoms with Crippen molar-refractivity contribution < 1.29 is 33.5 Å². The number of carboxylic acids is 1. The zero-order valence-electron chi connectivity index (χ0n) is 17.3. The Bertz CT molecular complexity index is 446. The van der Waals surface area contributed by atoms with Crippen LogP contribution in [0.3, 0.4) is 0 Å². The van der Waals surface area contributed by atoms with Gasteiger partial charge in [-0.25, -0.2) is 4.57 Å². The summed E-state index contributed by atoms with van der Waals surface area (Å²) in [6.07, 6.45) is 14.1. The summed E-state index contributed by atoms with van der Waals surface area (Å²) < 4.78 is 20.7. The lowest BCUT2D eigenvalue weighted by Crippen LogP contribution is -2.44. The second-order valence-electron chi connectivity index (χ2n) is 7.46. The van der Waals surface area contributed by atoms with Gasteiger partial charge in [-0.15, -0.1) is 0 Å². The van der Waals surface area contributed by atoms with Crippen molar-refractivity contribution in [3.05, 3.63) is 0 Å². The third-order valence-corrected chi connectivity index (χ3v) is 5.48. The summed E-state index contributed by atoms with van der Waals surface area (Å²) in [5.41, 5.74) is 3.96. The lowest BCUT2D eigenvalue weighted by Gasteiger charge is -2.24. The maximum atomic E-state index is 11.6. The molecule has 0 aliphatic heterocycles. The number of nitrogens with two attached hydrogens (primary N) is 1. The summed E-state index contributed by atoms with van der Waals surface area (Å²) in [6, 6.07) is 0. The number of hydrogen-bond acceptors (Lipinski definition) is 6. The zero-order chi connectivity index (χ0) is 21.3. The van der Waals surface area contributed by atoms with Crippen LogP contribution >= 0.6 is 7.82 Å². The molecule has 2 atom stereocenters. The highest BCUT2D eigenvalue weighted by Gasteiger charge is 2.28. The highest BCUT2D eigenvalue weighted by molar-refractivity contribution is 7.47. The van der Waals surface area contributed by atoms with Crippen LogP contribution in [0, 0.1) is 0 Å². The molecule has 0 radical (unpaired) electrons. The van der Waals surface area contributed by atoms with E-state index in [2.05, 4.69) is 16.0 Å². The van der Waals surface area contributed by atoms with Crippen LogP contribution in [0.15, 0.2) is 0 Å². The molecule has 8 nitrogen and oxygen atoms in total. The predicted octanol–water partition coefficient (Wildman–Crippen LogP) is 4.33. The van der Waals surface area contributed by atoms with E-state index in [1.54, 1.807) is 0 Å². The van der Waals surface area contributed by atoms with Gasteiger partial charge in [0.1, 0.15) is 12.3 Å². The monoisotopic (exact) mass is 425 g/mol. The fourth-order valence-corrected chi connectivity index (χ4v) is 3.61. The number of rotatable bonds is 20. The molecule has 0 saturated heterocycles. The first-order valence-corrected chi connectivity index (χ1v) is 12.0. The van der Waals surface area contributed by atoms with Crippen LogP contribution in [0.25, 0.3) is 0 Å². The number of phosphoric ester groups is 1. The van der Waals surface area contributed by atoms with Gasteiger partial charge < -0.3 is 20.8 Å². The van der Waals surface area contributed by atoms with Crippen LogP contribution < -0.4 is 5.73 Å². The van der Waals surface area contributed by atoms with E-state index in [1.165, 1.54) is 51.4 Å². The average molecular weight is 426 g/mol. The van der Waals surface area contributed by atoms with Crippen LogP contribution in [0.5, 0.6) is 0 Å². The van der Waals surface area contributed by atoms with E-state index >= 15 is 0 Å². The molecule has 5 N–H and O–H groups in total. The molecule has 0 saturated carbocycles. The normalized spacial score (nSPS) is 15.9. The van der Waals surface area contributed by atoms with Crippen molar-refractivity contribution in [2.45, 2.75) is 103 Å². The van der Waals surface area contributed by atoms with Gasteiger partial charge in [-0.1, -0.05) is 77.6 Å². The third kappa shape index (κ3) is 18.8. The van der Waals surface area contributed by atoms with Gasteiger partial charge in [-0.2, -0.15) is 0 Å². The van der Waals surface area contributed by atoms with Crippen molar-refractivity contribution in [2.75, 3.05) is 13.2 Å². The van der Waals surface area contributed by atoms with Crippen molar-refractivity contribution in [2.24, 2.45) is 5.73 Å². The predicted molar refractivity (Wildman–Crippen MR) is 109 cm³/mol. The minimum atomic E-state index is -4.42. The van der Waals surface area contributed by atoms with Gasteiger partial charge in [0, 0.05) is 0 Å². The molecule has 9 heteroatoms. The van der Waals surface area contributed by atoms with Crippen molar-refractivity contribution in [1.82, 2.24) is 0 Å². The number of hydrogen-bond donors (Lipinski definition) is 4. The molecule has 0 bridgehead atoms. The standard InChI is InChI=1S/C19H40NO7P/c1-2-3-4-5-6-7-8-9-10-11-12-13-15-19(20,23)17-27-28(24,25)26-16-14-18(21)22/h23H,2-17,20H2,1H3,(H,21,22)(H,24,25). The minimum absolute atomic E-state index is 0.250. The van der Waals surface area contributed by atoms with E-state index in [1.807, 2.05) is 0 Å². The van der Waals surface area contributed by atoms with Gasteiger partial charge in [0.25, 0.3) is 0 Å². The van der Waals surface area contributed by atoms with Crippen LogP contribution in [0.1, 0.15) is 96.8 Å². The first kappa shape index (κ1) is 27.5. The second-order valence-corrected chi connectivity index (χ2v) is 8.92. The first-order valence-electron chi connectivity index (χ1n) is 10.5. The molecule has 0 spiro atoms. The van der Waals surface area contributed by atoms with Gasteiger partial charge >= 0.3 is 13.8 Å². The lowest BCUT2D eigenvalue weighted by molar-refractivity contribution is -0.137. The lowest BCUT2D eigenvalue weighted by atomic mass is 10.0. The molecule has 28 heavy (non-hydrogen) atoms. The number of unbranched alkanes of at least 4 members (excludes halogenated alkanes) is 11. The largest absolute Gasteiger partial charge is 0.481 e. The molecular formula is C19H40NO7P. The highest BCUT2D eigenvalue weighted by Crippen LogP contribution is 2.43. The third-order valence-electron chi connectivity index (χ3n) is 4.51. The van der Waals surface area contributed by atoms with E-state index in [-0.39, 0.29) is 6.42 Å². The number of aliphatic hydroxyl groups is 1. The maximum absolute atomic E-state index is 11.6. The highest BCUT2D eigenvalue weighted by atomic mass is 31.2.